The number of benzene rings is 1. The molecule has 0 amide bonds. The maximum absolute atomic E-state index is 12.0. The van der Waals surface area contributed by atoms with Crippen LogP contribution < -0.4 is 5.43 Å². The lowest BCUT2D eigenvalue weighted by Gasteiger charge is -2.05. The van der Waals surface area contributed by atoms with Gasteiger partial charge in [0, 0.05) is 6.07 Å². The monoisotopic (exact) mass is 290 g/mol. The molecule has 0 radical (unpaired) electrons. The largest absolute Gasteiger partial charge is 0.462 e. The van der Waals surface area contributed by atoms with E-state index in [2.05, 4.69) is 0 Å². The third-order valence-electron chi connectivity index (χ3n) is 2.71. The van der Waals surface area contributed by atoms with E-state index >= 15 is 0 Å². The first-order valence-corrected chi connectivity index (χ1v) is 6.49. The highest BCUT2D eigenvalue weighted by Crippen LogP contribution is 2.16. The fourth-order valence-corrected chi connectivity index (χ4v) is 1.80. The van der Waals surface area contributed by atoms with E-state index in [0.717, 1.165) is 6.07 Å². The van der Waals surface area contributed by atoms with E-state index in [1.807, 2.05) is 0 Å². The summed E-state index contributed by atoms with van der Waals surface area (Å²) in [5.41, 5.74) is 0.0320. The van der Waals surface area contributed by atoms with Gasteiger partial charge in [0.2, 0.25) is 5.76 Å². The first-order chi connectivity index (χ1) is 10.1. The van der Waals surface area contributed by atoms with Gasteiger partial charge in [-0.2, -0.15) is 0 Å². The van der Waals surface area contributed by atoms with Gasteiger partial charge in [-0.05, 0) is 32.0 Å². The molecule has 0 spiro atoms. The molecule has 6 heteroatoms. The minimum absolute atomic E-state index is 0.168. The van der Waals surface area contributed by atoms with Gasteiger partial charge in [-0.15, -0.1) is 0 Å². The second kappa shape index (κ2) is 6.21. The van der Waals surface area contributed by atoms with Crippen LogP contribution in [0.4, 0.5) is 0 Å². The predicted octanol–water partition coefficient (Wildman–Crippen LogP) is 2.15. The fourth-order valence-electron chi connectivity index (χ4n) is 1.80. The Hall–Kier alpha value is -2.63. The Kier molecular flexibility index (Phi) is 4.37. The van der Waals surface area contributed by atoms with Gasteiger partial charge in [0.05, 0.1) is 24.2 Å². The van der Waals surface area contributed by atoms with Crippen molar-refractivity contribution in [3.63, 3.8) is 0 Å². The van der Waals surface area contributed by atoms with Gasteiger partial charge >= 0.3 is 11.9 Å². The van der Waals surface area contributed by atoms with Crippen molar-refractivity contribution in [1.82, 2.24) is 0 Å². The Labute approximate surface area is 120 Å². The average Bonchev–Trinajstić information content (AvgIpc) is 2.47. The Balaban J connectivity index is 2.48. The number of carbonyl (C=O) groups excluding carboxylic acids is 2. The molecule has 1 heterocycles. The van der Waals surface area contributed by atoms with Crippen LogP contribution in [0.15, 0.2) is 33.5 Å². The van der Waals surface area contributed by atoms with E-state index in [-0.39, 0.29) is 35.5 Å². The van der Waals surface area contributed by atoms with Gasteiger partial charge < -0.3 is 13.9 Å². The summed E-state index contributed by atoms with van der Waals surface area (Å²) in [5, 5.41) is 0.202. The van der Waals surface area contributed by atoms with E-state index in [1.54, 1.807) is 13.8 Å². The standard InChI is InChI=1S/C15H14O6/c1-3-19-14(17)9-5-6-12-10(7-9)11(16)8-13(21-12)15(18)20-4-2/h5-8H,3-4H2,1-2H3. The number of carbonyl (C=O) groups is 2. The molecular formula is C15H14O6. The lowest BCUT2D eigenvalue weighted by Crippen LogP contribution is -2.11. The van der Waals surface area contributed by atoms with E-state index < -0.39 is 17.4 Å². The lowest BCUT2D eigenvalue weighted by atomic mass is 10.1. The Morgan fingerprint density at radius 2 is 1.71 bits per heavy atom. The SMILES string of the molecule is CCOC(=O)c1ccc2oc(C(=O)OCC)cc(=O)c2c1. The first-order valence-electron chi connectivity index (χ1n) is 6.49. The van der Waals surface area contributed by atoms with Crippen molar-refractivity contribution >= 4 is 22.9 Å². The van der Waals surface area contributed by atoms with E-state index in [9.17, 15) is 14.4 Å². The van der Waals surface area contributed by atoms with Crippen LogP contribution >= 0.6 is 0 Å². The summed E-state index contributed by atoms with van der Waals surface area (Å²) < 4.78 is 15.0. The first kappa shape index (κ1) is 14.8. The maximum Gasteiger partial charge on any atom is 0.374 e. The van der Waals surface area contributed by atoms with Crippen LogP contribution in [0, 0.1) is 0 Å². The summed E-state index contributed by atoms with van der Waals surface area (Å²) in [4.78, 5) is 35.2. The number of hydrogen-bond acceptors (Lipinski definition) is 6. The third-order valence-corrected chi connectivity index (χ3v) is 2.71. The Morgan fingerprint density at radius 3 is 2.38 bits per heavy atom. The number of ether oxygens (including phenoxy) is 2. The van der Waals surface area contributed by atoms with Crippen LogP contribution in [0.3, 0.4) is 0 Å². The molecule has 2 aromatic rings. The van der Waals surface area contributed by atoms with Gasteiger partial charge in [-0.1, -0.05) is 0 Å². The van der Waals surface area contributed by atoms with Crippen molar-refractivity contribution in [1.29, 1.82) is 0 Å². The Bertz CT molecular complexity index is 743. The molecule has 0 unspecified atom stereocenters. The second-order valence-electron chi connectivity index (χ2n) is 4.13. The molecule has 1 aromatic carbocycles. The van der Waals surface area contributed by atoms with Crippen LogP contribution in [0.5, 0.6) is 0 Å². The number of hydrogen-bond donors (Lipinski definition) is 0. The number of fused-ring (bicyclic) bond motifs is 1. The van der Waals surface area contributed by atoms with Crippen LogP contribution in [0.1, 0.15) is 34.8 Å². The fraction of sp³-hybridized carbons (Fsp3) is 0.267. The maximum atomic E-state index is 12.0. The summed E-state index contributed by atoms with van der Waals surface area (Å²) in [7, 11) is 0. The van der Waals surface area contributed by atoms with Crippen LogP contribution in [-0.4, -0.2) is 25.2 Å². The highest BCUT2D eigenvalue weighted by atomic mass is 16.5. The van der Waals surface area contributed by atoms with Crippen LogP contribution in [0.2, 0.25) is 0 Å². The molecule has 0 fully saturated rings. The molecule has 21 heavy (non-hydrogen) atoms. The molecule has 6 nitrogen and oxygen atoms in total. The summed E-state index contributed by atoms with van der Waals surface area (Å²) in [6.45, 7) is 3.78. The van der Waals surface area contributed by atoms with Crippen molar-refractivity contribution in [2.45, 2.75) is 13.8 Å². The zero-order valence-electron chi connectivity index (χ0n) is 11.7. The van der Waals surface area contributed by atoms with Crippen LogP contribution in [-0.2, 0) is 9.47 Å². The van der Waals surface area contributed by atoms with Crippen molar-refractivity contribution in [3.05, 3.63) is 45.8 Å². The van der Waals surface area contributed by atoms with Gasteiger partial charge in [-0.3, -0.25) is 4.79 Å². The molecule has 0 bridgehead atoms. The number of esters is 2. The minimum Gasteiger partial charge on any atom is -0.462 e. The molecular weight excluding hydrogens is 276 g/mol. The van der Waals surface area contributed by atoms with Gasteiger partial charge in [0.15, 0.2) is 5.43 Å². The lowest BCUT2D eigenvalue weighted by molar-refractivity contribution is 0.0488. The average molecular weight is 290 g/mol. The highest BCUT2D eigenvalue weighted by Gasteiger charge is 2.15. The van der Waals surface area contributed by atoms with Gasteiger partial charge in [-0.25, -0.2) is 9.59 Å². The normalized spacial score (nSPS) is 10.4. The molecule has 0 aliphatic heterocycles. The zero-order chi connectivity index (χ0) is 15.4. The molecule has 0 saturated heterocycles. The Morgan fingerprint density at radius 1 is 1.05 bits per heavy atom. The molecule has 0 N–H and O–H groups in total. The molecule has 1 aromatic heterocycles. The predicted molar refractivity (Wildman–Crippen MR) is 74.4 cm³/mol. The summed E-state index contributed by atoms with van der Waals surface area (Å²) in [6, 6.07) is 5.35. The topological polar surface area (TPSA) is 82.8 Å². The summed E-state index contributed by atoms with van der Waals surface area (Å²) in [5.74, 6) is -1.39. The molecule has 0 aliphatic carbocycles. The van der Waals surface area contributed by atoms with Crippen LogP contribution in [0.25, 0.3) is 11.0 Å². The molecule has 0 atom stereocenters. The molecule has 110 valence electrons. The minimum atomic E-state index is -0.703. The van der Waals surface area contributed by atoms with Gasteiger partial charge in [0.1, 0.15) is 5.58 Å². The van der Waals surface area contributed by atoms with Crippen molar-refractivity contribution in [2.75, 3.05) is 13.2 Å². The summed E-state index contributed by atoms with van der Waals surface area (Å²) >= 11 is 0. The molecule has 0 aliphatic rings. The van der Waals surface area contributed by atoms with E-state index in [4.69, 9.17) is 13.9 Å². The smallest absolute Gasteiger partial charge is 0.374 e. The van der Waals surface area contributed by atoms with E-state index in [0.29, 0.717) is 0 Å². The molecule has 0 saturated carbocycles. The zero-order valence-corrected chi connectivity index (χ0v) is 11.7. The van der Waals surface area contributed by atoms with Crippen molar-refractivity contribution < 1.29 is 23.5 Å². The highest BCUT2D eigenvalue weighted by molar-refractivity contribution is 5.95. The third kappa shape index (κ3) is 3.10. The second-order valence-corrected chi connectivity index (χ2v) is 4.13. The van der Waals surface area contributed by atoms with Crippen molar-refractivity contribution in [3.8, 4) is 0 Å². The van der Waals surface area contributed by atoms with Gasteiger partial charge in [0.25, 0.3) is 0 Å². The summed E-state index contributed by atoms with van der Waals surface area (Å²) in [6.07, 6.45) is 0. The molecule has 2 rings (SSSR count). The quantitative estimate of drug-likeness (QED) is 0.802. The number of rotatable bonds is 4. The van der Waals surface area contributed by atoms with Crippen molar-refractivity contribution in [2.24, 2.45) is 0 Å². The van der Waals surface area contributed by atoms with E-state index in [1.165, 1.54) is 18.2 Å².